The van der Waals surface area contributed by atoms with E-state index >= 15 is 0 Å². The lowest BCUT2D eigenvalue weighted by molar-refractivity contribution is -0.110. The highest BCUT2D eigenvalue weighted by Gasteiger charge is 2.24. The van der Waals surface area contributed by atoms with Crippen LogP contribution in [0.25, 0.3) is 11.1 Å². The minimum absolute atomic E-state index is 0.0223. The number of nitrogens with one attached hydrogen (secondary N) is 3. The second-order valence-corrected chi connectivity index (χ2v) is 8.57. The first-order chi connectivity index (χ1) is 18.4. The van der Waals surface area contributed by atoms with E-state index in [1.54, 1.807) is 12.1 Å². The number of aliphatic hydroxyl groups excluding tert-OH is 1. The molecule has 0 aliphatic carbocycles. The molecule has 38 heavy (non-hydrogen) atoms. The van der Waals surface area contributed by atoms with Crippen LogP contribution in [0, 0.1) is 6.92 Å². The maximum atomic E-state index is 13.7. The van der Waals surface area contributed by atoms with E-state index in [2.05, 4.69) is 25.9 Å². The van der Waals surface area contributed by atoms with Gasteiger partial charge >= 0.3 is 0 Å². The molecule has 2 aromatic carbocycles. The number of hydrogen-bond acceptors (Lipinski definition) is 8. The van der Waals surface area contributed by atoms with E-state index in [1.165, 1.54) is 29.0 Å². The Morgan fingerprint density at radius 2 is 2.00 bits per heavy atom. The summed E-state index contributed by atoms with van der Waals surface area (Å²) in [4.78, 5) is 46.8. The van der Waals surface area contributed by atoms with Crippen LogP contribution in [0.4, 0.5) is 22.7 Å². The Hall–Kier alpha value is -4.48. The maximum absolute atomic E-state index is 13.7. The molecule has 0 fully saturated rings. The van der Waals surface area contributed by atoms with Gasteiger partial charge in [0, 0.05) is 17.9 Å². The molecule has 0 spiro atoms. The molecule has 2 heterocycles. The fraction of sp³-hybridized carbons (Fsp3) is 0.192. The van der Waals surface area contributed by atoms with Crippen molar-refractivity contribution >= 4 is 63.5 Å². The lowest BCUT2D eigenvalue weighted by Gasteiger charge is -2.15. The maximum Gasteiger partial charge on any atom is 0.278 e. The number of carbonyl (C=O) groups is 2. The van der Waals surface area contributed by atoms with Crippen molar-refractivity contribution in [2.75, 3.05) is 29.1 Å². The van der Waals surface area contributed by atoms with Gasteiger partial charge in [0.05, 0.1) is 35.8 Å². The average molecular weight is 537 g/mol. The van der Waals surface area contributed by atoms with E-state index < -0.39 is 11.5 Å². The number of aromatic nitrogens is 2. The number of nitrogens with zero attached hydrogens (tertiary/aromatic N) is 3. The molecule has 2 aromatic heterocycles. The van der Waals surface area contributed by atoms with Crippen LogP contribution in [0.15, 0.2) is 62.9 Å². The molecule has 0 unspecified atom stereocenters. The first kappa shape index (κ1) is 26.6. The molecule has 0 saturated heterocycles. The number of benzene rings is 2. The van der Waals surface area contributed by atoms with Crippen LogP contribution in [-0.2, 0) is 16.1 Å². The topological polar surface area (TPSA) is 151 Å². The van der Waals surface area contributed by atoms with Crippen LogP contribution in [0.3, 0.4) is 0 Å². The predicted molar refractivity (Wildman–Crippen MR) is 147 cm³/mol. The van der Waals surface area contributed by atoms with Crippen LogP contribution >= 0.6 is 11.6 Å². The number of aliphatic hydroxyl groups is 1. The van der Waals surface area contributed by atoms with Gasteiger partial charge < -0.3 is 25.5 Å². The highest BCUT2D eigenvalue weighted by molar-refractivity contribution is 6.49. The molecule has 196 valence electrons. The van der Waals surface area contributed by atoms with E-state index in [0.29, 0.717) is 17.8 Å². The number of furan rings is 1. The fourth-order valence-electron chi connectivity index (χ4n) is 3.82. The minimum atomic E-state index is -0.727. The zero-order valence-electron chi connectivity index (χ0n) is 20.6. The lowest BCUT2D eigenvalue weighted by Crippen LogP contribution is -2.34. The number of halogens is 1. The molecule has 4 N–H and O–H groups in total. The molecule has 0 bridgehead atoms. The molecule has 2 amide bonds. The van der Waals surface area contributed by atoms with Crippen LogP contribution in [-0.4, -0.2) is 45.8 Å². The van der Waals surface area contributed by atoms with Gasteiger partial charge in [0.1, 0.15) is 5.39 Å². The van der Waals surface area contributed by atoms with Crippen molar-refractivity contribution in [1.82, 2.24) is 9.55 Å². The molecular formula is C26H25ClN6O5. The molecule has 0 atom stereocenters. The third-order valence-corrected chi connectivity index (χ3v) is 5.91. The van der Waals surface area contributed by atoms with Gasteiger partial charge in [0.15, 0.2) is 11.5 Å². The number of anilines is 3. The van der Waals surface area contributed by atoms with Crippen molar-refractivity contribution in [3.05, 3.63) is 75.5 Å². The summed E-state index contributed by atoms with van der Waals surface area (Å²) in [5.41, 5.74) is 2.02. The third kappa shape index (κ3) is 5.58. The molecular weight excluding hydrogens is 512 g/mol. The molecule has 4 rings (SSSR count). The summed E-state index contributed by atoms with van der Waals surface area (Å²) in [6, 6.07) is 11.5. The second kappa shape index (κ2) is 11.7. The third-order valence-electron chi connectivity index (χ3n) is 5.58. The number of rotatable bonds is 10. The van der Waals surface area contributed by atoms with Crippen molar-refractivity contribution in [3.8, 4) is 0 Å². The first-order valence-corrected chi connectivity index (χ1v) is 12.1. The Kier molecular flexibility index (Phi) is 8.19. The highest BCUT2D eigenvalue weighted by atomic mass is 35.5. The normalized spacial score (nSPS) is 11.4. The van der Waals surface area contributed by atoms with Gasteiger partial charge in [0.2, 0.25) is 12.1 Å². The summed E-state index contributed by atoms with van der Waals surface area (Å²) in [5, 5.41) is 18.5. The molecule has 4 aromatic rings. The van der Waals surface area contributed by atoms with Gasteiger partial charge in [-0.2, -0.15) is 4.98 Å². The summed E-state index contributed by atoms with van der Waals surface area (Å²) in [5.74, 6) is -0.827. The molecule has 0 saturated carbocycles. The van der Waals surface area contributed by atoms with Gasteiger partial charge in [-0.3, -0.25) is 19.0 Å². The van der Waals surface area contributed by atoms with Crippen LogP contribution < -0.4 is 21.5 Å². The van der Waals surface area contributed by atoms with Crippen LogP contribution in [0.2, 0.25) is 5.02 Å². The second-order valence-electron chi connectivity index (χ2n) is 8.16. The number of hydrogen-bond donors (Lipinski definition) is 4. The van der Waals surface area contributed by atoms with Gasteiger partial charge in [-0.1, -0.05) is 11.6 Å². The van der Waals surface area contributed by atoms with Gasteiger partial charge in [0.25, 0.3) is 11.5 Å². The fourth-order valence-corrected chi connectivity index (χ4v) is 3.98. The number of aryl methyl sites for hydroxylation is 1. The van der Waals surface area contributed by atoms with E-state index in [-0.39, 0.29) is 46.5 Å². The highest BCUT2D eigenvalue weighted by Crippen LogP contribution is 2.27. The zero-order chi connectivity index (χ0) is 27.2. The van der Waals surface area contributed by atoms with E-state index in [9.17, 15) is 19.5 Å². The Morgan fingerprint density at radius 3 is 2.71 bits per heavy atom. The zero-order valence-corrected chi connectivity index (χ0v) is 21.4. The molecule has 0 radical (unpaired) electrons. The van der Waals surface area contributed by atoms with Crippen LogP contribution in [0.1, 0.15) is 18.3 Å². The van der Waals surface area contributed by atoms with Crippen molar-refractivity contribution in [1.29, 1.82) is 0 Å². The van der Waals surface area contributed by atoms with Crippen molar-refractivity contribution in [2.24, 2.45) is 4.99 Å². The Bertz CT molecular complexity index is 1590. The van der Waals surface area contributed by atoms with Crippen molar-refractivity contribution in [2.45, 2.75) is 20.4 Å². The number of aliphatic imine (C=N–C) groups is 1. The number of fused-ring (bicyclic) bond motifs is 1. The quantitative estimate of drug-likeness (QED) is 0.178. The van der Waals surface area contributed by atoms with Crippen LogP contribution in [0.5, 0.6) is 0 Å². The monoisotopic (exact) mass is 536 g/mol. The minimum Gasteiger partial charge on any atom is -0.446 e. The standard InChI is InChI=1S/C26H25ClN6O5/c1-3-28-16-5-7-20(15(2)12-16)30-22(24(36)31-21-13-17(29-14-35)4-6-19(21)27)23-32-25-18(8-11-38-25)26(37)33(23)9-10-34/h4-8,11-14,28,34H,3,9-10H2,1-2H3,(H,29,35)(H,31,36)/b30-22-. The van der Waals surface area contributed by atoms with Gasteiger partial charge in [-0.15, -0.1) is 0 Å². The largest absolute Gasteiger partial charge is 0.446 e. The average Bonchev–Trinajstić information content (AvgIpc) is 3.37. The number of carbonyl (C=O) groups excluding carboxylic acids is 2. The number of amides is 2. The molecule has 11 nitrogen and oxygen atoms in total. The smallest absolute Gasteiger partial charge is 0.278 e. The molecule has 0 aliphatic rings. The van der Waals surface area contributed by atoms with E-state index in [1.807, 2.05) is 26.0 Å². The summed E-state index contributed by atoms with van der Waals surface area (Å²) in [7, 11) is 0. The summed E-state index contributed by atoms with van der Waals surface area (Å²) in [6.45, 7) is 4.03. The van der Waals surface area contributed by atoms with Gasteiger partial charge in [-0.25, -0.2) is 4.99 Å². The SMILES string of the molecule is CCNc1ccc(/N=C(\C(=O)Nc2cc(NC=O)ccc2Cl)c2nc3occc3c(=O)n2CCO)c(C)c1. The molecule has 0 aliphatic heterocycles. The van der Waals surface area contributed by atoms with E-state index in [0.717, 1.165) is 17.8 Å². The Labute approximate surface area is 222 Å². The van der Waals surface area contributed by atoms with Gasteiger partial charge in [-0.05, 0) is 61.9 Å². The van der Waals surface area contributed by atoms with Crippen molar-refractivity contribution < 1.29 is 19.1 Å². The molecule has 12 heteroatoms. The Morgan fingerprint density at radius 1 is 1.21 bits per heavy atom. The lowest BCUT2D eigenvalue weighted by atomic mass is 10.1. The van der Waals surface area contributed by atoms with E-state index in [4.69, 9.17) is 16.0 Å². The summed E-state index contributed by atoms with van der Waals surface area (Å²) >= 11 is 6.30. The van der Waals surface area contributed by atoms with Crippen molar-refractivity contribution in [3.63, 3.8) is 0 Å². The first-order valence-electron chi connectivity index (χ1n) is 11.7. The summed E-state index contributed by atoms with van der Waals surface area (Å²) in [6.07, 6.45) is 1.82. The summed E-state index contributed by atoms with van der Waals surface area (Å²) < 4.78 is 6.53. The Balaban J connectivity index is 1.89. The predicted octanol–water partition coefficient (Wildman–Crippen LogP) is 3.70.